The maximum atomic E-state index is 12.7. The van der Waals surface area contributed by atoms with Crippen molar-refractivity contribution in [3.05, 3.63) is 33.6 Å². The van der Waals surface area contributed by atoms with E-state index >= 15 is 0 Å². The number of nitrogens with two attached hydrogens (primary N) is 1. The average Bonchev–Trinajstić information content (AvgIpc) is 3.20. The highest BCUT2D eigenvalue weighted by molar-refractivity contribution is 7.12. The van der Waals surface area contributed by atoms with Crippen LogP contribution in [0.4, 0.5) is 11.8 Å². The molecule has 0 bridgehead atoms. The fraction of sp³-hybridized carbons (Fsp3) is 0.526. The van der Waals surface area contributed by atoms with Gasteiger partial charge < -0.3 is 21.1 Å². The molecule has 1 aliphatic rings. The zero-order chi connectivity index (χ0) is 19.2. The molecule has 3 rings (SSSR count). The molecule has 8 heteroatoms. The van der Waals surface area contributed by atoms with E-state index in [2.05, 4.69) is 22.2 Å². The Morgan fingerprint density at radius 3 is 3.00 bits per heavy atom. The number of thiophene rings is 1. The number of aliphatic hydroxyl groups excluding tert-OH is 1. The Labute approximate surface area is 163 Å². The van der Waals surface area contributed by atoms with Gasteiger partial charge in [-0.25, -0.2) is 4.98 Å². The van der Waals surface area contributed by atoms with Crippen LogP contribution in [0.5, 0.6) is 0 Å². The molecule has 0 unspecified atom stereocenters. The summed E-state index contributed by atoms with van der Waals surface area (Å²) in [6.45, 7) is 3.35. The van der Waals surface area contributed by atoms with E-state index in [0.29, 0.717) is 31.7 Å². The van der Waals surface area contributed by atoms with Gasteiger partial charge in [-0.05, 0) is 24.3 Å². The summed E-state index contributed by atoms with van der Waals surface area (Å²) in [6, 6.07) is 3.86. The van der Waals surface area contributed by atoms with Crippen LogP contribution in [0.15, 0.2) is 17.5 Å². The number of hydrogen-bond acceptors (Lipinski definition) is 7. The van der Waals surface area contributed by atoms with E-state index in [1.165, 1.54) is 11.3 Å². The van der Waals surface area contributed by atoms with Crippen molar-refractivity contribution in [1.82, 2.24) is 14.9 Å². The van der Waals surface area contributed by atoms with Crippen molar-refractivity contribution in [2.75, 3.05) is 24.2 Å². The number of anilines is 2. The normalized spacial score (nSPS) is 14.7. The maximum absolute atomic E-state index is 12.7. The zero-order valence-corrected chi connectivity index (χ0v) is 16.5. The second-order valence-corrected chi connectivity index (χ2v) is 7.75. The first-order valence-corrected chi connectivity index (χ1v) is 10.4. The van der Waals surface area contributed by atoms with Crippen molar-refractivity contribution >= 4 is 29.0 Å². The van der Waals surface area contributed by atoms with E-state index in [-0.39, 0.29) is 24.5 Å². The van der Waals surface area contributed by atoms with Crippen LogP contribution in [0.2, 0.25) is 0 Å². The third-order valence-corrected chi connectivity index (χ3v) is 5.68. The Bertz CT molecular complexity index is 766. The summed E-state index contributed by atoms with van der Waals surface area (Å²) in [5, 5.41) is 14.7. The van der Waals surface area contributed by atoms with Gasteiger partial charge in [0.1, 0.15) is 5.82 Å². The largest absolute Gasteiger partial charge is 0.396 e. The number of nitrogens with one attached hydrogen (secondary N) is 1. The molecule has 1 atom stereocenters. The van der Waals surface area contributed by atoms with E-state index in [0.717, 1.165) is 35.4 Å². The molecule has 0 saturated carbocycles. The highest BCUT2D eigenvalue weighted by atomic mass is 32.1. The summed E-state index contributed by atoms with van der Waals surface area (Å²) in [5.41, 5.74) is 7.75. The summed E-state index contributed by atoms with van der Waals surface area (Å²) < 4.78 is 0. The molecule has 146 valence electrons. The molecule has 2 aromatic heterocycles. The zero-order valence-electron chi connectivity index (χ0n) is 15.6. The lowest BCUT2D eigenvalue weighted by atomic mass is 10.0. The van der Waals surface area contributed by atoms with Crippen molar-refractivity contribution in [2.45, 2.75) is 51.6 Å². The molecule has 1 aliphatic heterocycles. The number of carbonyl (C=O) groups is 1. The van der Waals surface area contributed by atoms with Crippen molar-refractivity contribution in [1.29, 1.82) is 0 Å². The van der Waals surface area contributed by atoms with Gasteiger partial charge >= 0.3 is 0 Å². The van der Waals surface area contributed by atoms with E-state index < -0.39 is 0 Å². The Hall–Kier alpha value is -2.19. The summed E-state index contributed by atoms with van der Waals surface area (Å²) >= 11 is 1.45. The minimum atomic E-state index is 0.0383. The molecule has 0 fully saturated rings. The van der Waals surface area contributed by atoms with Crippen LogP contribution >= 0.6 is 11.3 Å². The fourth-order valence-corrected chi connectivity index (χ4v) is 4.06. The summed E-state index contributed by atoms with van der Waals surface area (Å²) in [7, 11) is 0. The predicted molar refractivity (Wildman–Crippen MR) is 108 cm³/mol. The third kappa shape index (κ3) is 4.75. The molecule has 2 aromatic rings. The number of unbranched alkanes of at least 4 members (excludes halogenated alkanes) is 1. The highest BCUT2D eigenvalue weighted by Gasteiger charge is 2.27. The molecule has 0 aromatic carbocycles. The quantitative estimate of drug-likeness (QED) is 0.641. The minimum absolute atomic E-state index is 0.0383. The Morgan fingerprint density at radius 2 is 2.30 bits per heavy atom. The number of fused-ring (bicyclic) bond motifs is 1. The van der Waals surface area contributed by atoms with E-state index in [1.807, 2.05) is 22.4 Å². The van der Waals surface area contributed by atoms with Crippen LogP contribution < -0.4 is 11.1 Å². The van der Waals surface area contributed by atoms with Crippen LogP contribution in [0.1, 0.15) is 53.5 Å². The van der Waals surface area contributed by atoms with Crippen molar-refractivity contribution in [3.8, 4) is 0 Å². The van der Waals surface area contributed by atoms with Gasteiger partial charge in [0.25, 0.3) is 5.91 Å². The van der Waals surface area contributed by atoms with Crippen LogP contribution in [0, 0.1) is 0 Å². The third-order valence-electron chi connectivity index (χ3n) is 4.82. The first-order valence-electron chi connectivity index (χ1n) is 9.47. The van der Waals surface area contributed by atoms with Crippen LogP contribution in [-0.2, 0) is 13.0 Å². The molecular formula is C19H27N5O2S. The van der Waals surface area contributed by atoms with Gasteiger partial charge in [0.15, 0.2) is 0 Å². The van der Waals surface area contributed by atoms with E-state index in [1.54, 1.807) is 0 Å². The standard InChI is InChI=1S/C19H27N5O2S/c1-2-3-5-13(8-10-25)21-17-14-12-24(18(26)16-6-4-11-27-16)9-7-15(14)22-19(20)23-17/h4,6,11,13,25H,2-3,5,7-10,12H2,1H3,(H3,20,21,22,23)/t13-/m0/s1. The molecule has 0 spiro atoms. The molecule has 4 N–H and O–H groups in total. The lowest BCUT2D eigenvalue weighted by Gasteiger charge is -2.30. The number of nitrogen functional groups attached to an aromatic ring is 1. The van der Waals surface area contributed by atoms with Crippen LogP contribution in [0.25, 0.3) is 0 Å². The molecule has 7 nitrogen and oxygen atoms in total. The van der Waals surface area contributed by atoms with Gasteiger partial charge in [-0.15, -0.1) is 11.3 Å². The lowest BCUT2D eigenvalue weighted by Crippen LogP contribution is -2.37. The number of nitrogens with zero attached hydrogens (tertiary/aromatic N) is 3. The summed E-state index contributed by atoms with van der Waals surface area (Å²) in [4.78, 5) is 24.1. The number of carbonyl (C=O) groups excluding carboxylic acids is 1. The van der Waals surface area contributed by atoms with Crippen LogP contribution in [-0.4, -0.2) is 45.1 Å². The Kier molecular flexibility index (Phi) is 6.63. The van der Waals surface area contributed by atoms with Gasteiger partial charge in [0, 0.05) is 31.2 Å². The van der Waals surface area contributed by atoms with Gasteiger partial charge in [-0.2, -0.15) is 4.98 Å². The molecule has 0 radical (unpaired) electrons. The van der Waals surface area contributed by atoms with Crippen molar-refractivity contribution in [2.24, 2.45) is 0 Å². The number of aromatic nitrogens is 2. The second kappa shape index (κ2) is 9.14. The van der Waals surface area contributed by atoms with E-state index in [4.69, 9.17) is 5.73 Å². The smallest absolute Gasteiger partial charge is 0.264 e. The lowest BCUT2D eigenvalue weighted by molar-refractivity contribution is 0.0739. The van der Waals surface area contributed by atoms with Gasteiger partial charge in [-0.3, -0.25) is 4.79 Å². The maximum Gasteiger partial charge on any atom is 0.264 e. The van der Waals surface area contributed by atoms with Gasteiger partial charge in [0.2, 0.25) is 5.95 Å². The minimum Gasteiger partial charge on any atom is -0.396 e. The Balaban J connectivity index is 1.82. The summed E-state index contributed by atoms with van der Waals surface area (Å²) in [6.07, 6.45) is 4.43. The van der Waals surface area contributed by atoms with Gasteiger partial charge in [-0.1, -0.05) is 25.8 Å². The second-order valence-electron chi connectivity index (χ2n) is 6.81. The number of aliphatic hydroxyl groups is 1. The van der Waals surface area contributed by atoms with Crippen molar-refractivity contribution in [3.63, 3.8) is 0 Å². The number of rotatable bonds is 8. The molecule has 3 heterocycles. The van der Waals surface area contributed by atoms with Gasteiger partial charge in [0.05, 0.1) is 17.1 Å². The predicted octanol–water partition coefficient (Wildman–Crippen LogP) is 2.67. The molecule has 1 amide bonds. The SMILES string of the molecule is CCCC[C@@H](CCO)Nc1nc(N)nc2c1CN(C(=O)c1cccs1)CC2. The molecular weight excluding hydrogens is 362 g/mol. The first-order chi connectivity index (χ1) is 13.1. The Morgan fingerprint density at radius 1 is 1.44 bits per heavy atom. The van der Waals surface area contributed by atoms with Crippen molar-refractivity contribution < 1.29 is 9.90 Å². The topological polar surface area (TPSA) is 104 Å². The molecule has 27 heavy (non-hydrogen) atoms. The molecule has 0 aliphatic carbocycles. The molecule has 0 saturated heterocycles. The van der Waals surface area contributed by atoms with Crippen LogP contribution in [0.3, 0.4) is 0 Å². The first kappa shape index (κ1) is 19.6. The highest BCUT2D eigenvalue weighted by Crippen LogP contribution is 2.27. The summed E-state index contributed by atoms with van der Waals surface area (Å²) in [5.74, 6) is 0.972. The fourth-order valence-electron chi connectivity index (χ4n) is 3.37. The average molecular weight is 390 g/mol. The number of amides is 1. The number of hydrogen-bond donors (Lipinski definition) is 3. The monoisotopic (exact) mass is 389 g/mol. The van der Waals surface area contributed by atoms with E-state index in [9.17, 15) is 9.90 Å².